The summed E-state index contributed by atoms with van der Waals surface area (Å²) in [6, 6.07) is 19.3. The van der Waals surface area contributed by atoms with Crippen molar-refractivity contribution in [2.75, 3.05) is 7.11 Å². The lowest BCUT2D eigenvalue weighted by molar-refractivity contribution is 0.405. The van der Waals surface area contributed by atoms with Gasteiger partial charge in [-0.05, 0) is 31.4 Å². The summed E-state index contributed by atoms with van der Waals surface area (Å²) in [5.41, 5.74) is 2.61. The Balaban J connectivity index is 0.00000220. The van der Waals surface area contributed by atoms with Crippen LogP contribution in [-0.2, 0) is 13.0 Å². The highest BCUT2D eigenvalue weighted by Gasteiger charge is 2.05. The first-order chi connectivity index (χ1) is 9.79. The van der Waals surface area contributed by atoms with Crippen LogP contribution < -0.4 is 10.1 Å². The van der Waals surface area contributed by atoms with Crippen LogP contribution in [0.1, 0.15) is 24.5 Å². The molecule has 1 atom stereocenters. The average Bonchev–Trinajstić information content (AvgIpc) is 2.52. The Kier molecular flexibility index (Phi) is 7.88. The van der Waals surface area contributed by atoms with Gasteiger partial charge in [-0.3, -0.25) is 0 Å². The number of methoxy groups -OCH3 is 1. The molecule has 1 unspecified atom stereocenters. The predicted molar refractivity (Wildman–Crippen MR) is 91.3 cm³/mol. The van der Waals surface area contributed by atoms with E-state index in [1.54, 1.807) is 7.11 Å². The van der Waals surface area contributed by atoms with Crippen LogP contribution in [0.15, 0.2) is 54.6 Å². The van der Waals surface area contributed by atoms with Crippen LogP contribution in [0.4, 0.5) is 0 Å². The molecule has 0 spiro atoms. The molecule has 3 heteroatoms. The van der Waals surface area contributed by atoms with Gasteiger partial charge in [-0.25, -0.2) is 0 Å². The van der Waals surface area contributed by atoms with E-state index in [1.807, 2.05) is 18.2 Å². The van der Waals surface area contributed by atoms with E-state index in [0.717, 1.165) is 25.1 Å². The van der Waals surface area contributed by atoms with Gasteiger partial charge in [0.15, 0.2) is 0 Å². The molecule has 0 bridgehead atoms. The van der Waals surface area contributed by atoms with Crippen molar-refractivity contribution in [3.63, 3.8) is 0 Å². The summed E-state index contributed by atoms with van der Waals surface area (Å²) in [6.07, 6.45) is 2.25. The monoisotopic (exact) mass is 305 g/mol. The minimum absolute atomic E-state index is 0. The molecule has 0 fully saturated rings. The maximum absolute atomic E-state index is 5.37. The van der Waals surface area contributed by atoms with Crippen molar-refractivity contribution in [3.8, 4) is 5.75 Å². The van der Waals surface area contributed by atoms with E-state index in [4.69, 9.17) is 4.74 Å². The molecule has 0 aromatic heterocycles. The van der Waals surface area contributed by atoms with Crippen molar-refractivity contribution in [3.05, 3.63) is 65.7 Å². The van der Waals surface area contributed by atoms with Crippen molar-refractivity contribution in [2.24, 2.45) is 0 Å². The molecule has 2 aromatic carbocycles. The van der Waals surface area contributed by atoms with Gasteiger partial charge in [0.1, 0.15) is 5.75 Å². The Bertz CT molecular complexity index is 516. The Morgan fingerprint density at radius 3 is 2.38 bits per heavy atom. The molecule has 114 valence electrons. The maximum Gasteiger partial charge on any atom is 0.123 e. The topological polar surface area (TPSA) is 21.3 Å². The molecule has 2 aromatic rings. The SMILES string of the molecule is COc1ccccc1CNC(C)CCc1ccccc1.Cl. The summed E-state index contributed by atoms with van der Waals surface area (Å²) >= 11 is 0. The Hall–Kier alpha value is -1.51. The second kappa shape index (κ2) is 9.43. The lowest BCUT2D eigenvalue weighted by atomic mass is 10.1. The predicted octanol–water partition coefficient (Wildman–Crippen LogP) is 4.23. The molecule has 0 amide bonds. The highest BCUT2D eigenvalue weighted by Crippen LogP contribution is 2.17. The van der Waals surface area contributed by atoms with E-state index in [9.17, 15) is 0 Å². The summed E-state index contributed by atoms with van der Waals surface area (Å²) in [4.78, 5) is 0. The number of aryl methyl sites for hydroxylation is 1. The van der Waals surface area contributed by atoms with E-state index in [0.29, 0.717) is 6.04 Å². The number of ether oxygens (including phenoxy) is 1. The Morgan fingerprint density at radius 2 is 1.67 bits per heavy atom. The highest BCUT2D eigenvalue weighted by molar-refractivity contribution is 5.85. The molecule has 0 aliphatic rings. The van der Waals surface area contributed by atoms with E-state index >= 15 is 0 Å². The van der Waals surface area contributed by atoms with Crippen molar-refractivity contribution in [1.82, 2.24) is 5.32 Å². The van der Waals surface area contributed by atoms with Crippen molar-refractivity contribution >= 4 is 12.4 Å². The van der Waals surface area contributed by atoms with Gasteiger partial charge < -0.3 is 10.1 Å². The molecule has 0 aliphatic heterocycles. The van der Waals surface area contributed by atoms with Gasteiger partial charge >= 0.3 is 0 Å². The lowest BCUT2D eigenvalue weighted by Gasteiger charge is -2.15. The number of hydrogen-bond donors (Lipinski definition) is 1. The van der Waals surface area contributed by atoms with Gasteiger partial charge in [0.25, 0.3) is 0 Å². The number of hydrogen-bond acceptors (Lipinski definition) is 2. The molecule has 0 saturated carbocycles. The second-order valence-electron chi connectivity index (χ2n) is 5.12. The Morgan fingerprint density at radius 1 is 1.00 bits per heavy atom. The quantitative estimate of drug-likeness (QED) is 0.826. The fraction of sp³-hybridized carbons (Fsp3) is 0.333. The second-order valence-corrected chi connectivity index (χ2v) is 5.12. The molecule has 0 heterocycles. The molecule has 0 aliphatic carbocycles. The van der Waals surface area contributed by atoms with Gasteiger partial charge in [0.05, 0.1) is 7.11 Å². The number of halogens is 1. The first-order valence-electron chi connectivity index (χ1n) is 7.19. The summed E-state index contributed by atoms with van der Waals surface area (Å²) < 4.78 is 5.37. The minimum Gasteiger partial charge on any atom is -0.496 e. The third-order valence-electron chi connectivity index (χ3n) is 3.54. The highest BCUT2D eigenvalue weighted by atomic mass is 35.5. The van der Waals surface area contributed by atoms with Crippen LogP contribution in [0.2, 0.25) is 0 Å². The smallest absolute Gasteiger partial charge is 0.123 e. The van der Waals surface area contributed by atoms with Crippen molar-refractivity contribution in [1.29, 1.82) is 0 Å². The molecular weight excluding hydrogens is 282 g/mol. The molecular formula is C18H24ClNO. The molecule has 1 N–H and O–H groups in total. The fourth-order valence-electron chi connectivity index (χ4n) is 2.26. The zero-order chi connectivity index (χ0) is 14.2. The van der Waals surface area contributed by atoms with E-state index in [1.165, 1.54) is 11.1 Å². The molecule has 0 radical (unpaired) electrons. The van der Waals surface area contributed by atoms with Crippen LogP contribution in [0.5, 0.6) is 5.75 Å². The lowest BCUT2D eigenvalue weighted by Crippen LogP contribution is -2.26. The number of rotatable bonds is 7. The average molecular weight is 306 g/mol. The molecule has 21 heavy (non-hydrogen) atoms. The first-order valence-corrected chi connectivity index (χ1v) is 7.19. The number of para-hydroxylation sites is 1. The molecule has 0 saturated heterocycles. The zero-order valence-corrected chi connectivity index (χ0v) is 13.5. The Labute approximate surface area is 133 Å². The fourth-order valence-corrected chi connectivity index (χ4v) is 2.26. The third kappa shape index (κ3) is 5.78. The van der Waals surface area contributed by atoms with Crippen molar-refractivity contribution in [2.45, 2.75) is 32.4 Å². The van der Waals surface area contributed by atoms with Crippen LogP contribution in [-0.4, -0.2) is 13.2 Å². The van der Waals surface area contributed by atoms with E-state index in [-0.39, 0.29) is 12.4 Å². The molecule has 2 nitrogen and oxygen atoms in total. The van der Waals surface area contributed by atoms with Gasteiger partial charge in [0, 0.05) is 18.2 Å². The number of benzene rings is 2. The van der Waals surface area contributed by atoms with Gasteiger partial charge in [0.2, 0.25) is 0 Å². The summed E-state index contributed by atoms with van der Waals surface area (Å²) in [5.74, 6) is 0.954. The summed E-state index contributed by atoms with van der Waals surface area (Å²) in [6.45, 7) is 3.08. The van der Waals surface area contributed by atoms with Gasteiger partial charge in [-0.15, -0.1) is 12.4 Å². The number of nitrogens with one attached hydrogen (secondary N) is 1. The van der Waals surface area contributed by atoms with Crippen LogP contribution >= 0.6 is 12.4 Å². The molecule has 2 rings (SSSR count). The van der Waals surface area contributed by atoms with Gasteiger partial charge in [-0.2, -0.15) is 0 Å². The van der Waals surface area contributed by atoms with Crippen LogP contribution in [0, 0.1) is 0 Å². The first kappa shape index (κ1) is 17.5. The van der Waals surface area contributed by atoms with E-state index in [2.05, 4.69) is 48.6 Å². The van der Waals surface area contributed by atoms with Crippen molar-refractivity contribution < 1.29 is 4.74 Å². The minimum atomic E-state index is 0. The van der Waals surface area contributed by atoms with Gasteiger partial charge in [-0.1, -0.05) is 48.5 Å². The largest absolute Gasteiger partial charge is 0.496 e. The third-order valence-corrected chi connectivity index (χ3v) is 3.54. The van der Waals surface area contributed by atoms with E-state index < -0.39 is 0 Å². The summed E-state index contributed by atoms with van der Waals surface area (Å²) in [5, 5.41) is 3.56. The standard InChI is InChI=1S/C18H23NO.ClH/c1-15(12-13-16-8-4-3-5-9-16)19-14-17-10-6-7-11-18(17)20-2;/h3-11,15,19H,12-14H2,1-2H3;1H. The summed E-state index contributed by atoms with van der Waals surface area (Å²) in [7, 11) is 1.72. The normalized spacial score (nSPS) is 11.5. The van der Waals surface area contributed by atoms with Crippen LogP contribution in [0.25, 0.3) is 0 Å². The maximum atomic E-state index is 5.37. The van der Waals surface area contributed by atoms with Crippen LogP contribution in [0.3, 0.4) is 0 Å². The zero-order valence-electron chi connectivity index (χ0n) is 12.7.